The summed E-state index contributed by atoms with van der Waals surface area (Å²) < 4.78 is 0. The molecule has 10 nitrogen and oxygen atoms in total. The number of nitrogens with one attached hydrogen (secondary N) is 4. The van der Waals surface area contributed by atoms with Crippen LogP contribution < -0.4 is 21.8 Å². The summed E-state index contributed by atoms with van der Waals surface area (Å²) in [7, 11) is 0. The molecule has 1 saturated heterocycles. The van der Waals surface area contributed by atoms with E-state index in [4.69, 9.17) is 0 Å². The Morgan fingerprint density at radius 2 is 1.60 bits per heavy atom. The van der Waals surface area contributed by atoms with E-state index in [1.165, 1.54) is 6.07 Å². The number of aromatic amines is 2. The topological polar surface area (TPSA) is 140 Å². The first-order valence-corrected chi connectivity index (χ1v) is 11.1. The zero-order valence-electron chi connectivity index (χ0n) is 18.6. The van der Waals surface area contributed by atoms with Gasteiger partial charge in [0.1, 0.15) is 5.69 Å². The van der Waals surface area contributed by atoms with Gasteiger partial charge in [0.05, 0.1) is 16.7 Å². The average Bonchev–Trinajstić information content (AvgIpc) is 2.89. The summed E-state index contributed by atoms with van der Waals surface area (Å²) in [5.41, 5.74) is 1.84. The number of benzene rings is 2. The van der Waals surface area contributed by atoms with Crippen LogP contribution in [-0.4, -0.2) is 57.8 Å². The molecule has 0 aliphatic carbocycles. The number of rotatable bonds is 4. The molecule has 0 radical (unpaired) electrons. The van der Waals surface area contributed by atoms with Crippen LogP contribution in [0.15, 0.2) is 70.3 Å². The molecule has 1 fully saturated rings. The molecule has 3 heterocycles. The average molecular weight is 470 g/mol. The summed E-state index contributed by atoms with van der Waals surface area (Å²) in [4.78, 5) is 60.0. The number of H-pyrrole nitrogens is 2. The van der Waals surface area contributed by atoms with Gasteiger partial charge in [-0.3, -0.25) is 19.2 Å². The van der Waals surface area contributed by atoms with Crippen molar-refractivity contribution in [3.05, 3.63) is 92.6 Å². The summed E-state index contributed by atoms with van der Waals surface area (Å²) in [5.74, 6) is -0.486. The molecule has 2 aromatic carbocycles. The van der Waals surface area contributed by atoms with Crippen molar-refractivity contribution >= 4 is 28.5 Å². The lowest BCUT2D eigenvalue weighted by molar-refractivity contribution is 0.0730. The predicted molar refractivity (Wildman–Crippen MR) is 132 cm³/mol. The Balaban J connectivity index is 1.36. The maximum Gasteiger partial charge on any atom is 0.314 e. The van der Waals surface area contributed by atoms with Crippen molar-refractivity contribution in [2.24, 2.45) is 0 Å². The number of fused-ring (bicyclic) bond motifs is 1. The molecule has 4 N–H and O–H groups in total. The summed E-state index contributed by atoms with van der Waals surface area (Å²) >= 11 is 0. The first-order valence-electron chi connectivity index (χ1n) is 11.1. The van der Waals surface area contributed by atoms with Gasteiger partial charge in [-0.05, 0) is 42.5 Å². The van der Waals surface area contributed by atoms with Gasteiger partial charge in [-0.15, -0.1) is 0 Å². The summed E-state index contributed by atoms with van der Waals surface area (Å²) in [6, 6.07) is 17.1. The SMILES string of the molecule is O=C(Nc1cccc(-c2cccc(C(=O)N3CCNCC3)n2)c1)c1ccc2[nH]c(=O)c(=O)[nH]c2c1. The predicted octanol–water partition coefficient (Wildman–Crippen LogP) is 1.58. The number of amides is 2. The van der Waals surface area contributed by atoms with Crippen LogP contribution in [0, 0.1) is 0 Å². The van der Waals surface area contributed by atoms with E-state index in [1.807, 2.05) is 12.1 Å². The van der Waals surface area contributed by atoms with Crippen molar-refractivity contribution in [1.82, 2.24) is 25.2 Å². The quantitative estimate of drug-likeness (QED) is 0.334. The van der Waals surface area contributed by atoms with Gasteiger partial charge in [0.25, 0.3) is 11.8 Å². The Kier molecular flexibility index (Phi) is 5.94. The first-order chi connectivity index (χ1) is 17.0. The highest BCUT2D eigenvalue weighted by Crippen LogP contribution is 2.22. The van der Waals surface area contributed by atoms with E-state index in [1.54, 1.807) is 47.4 Å². The van der Waals surface area contributed by atoms with Gasteiger partial charge in [0, 0.05) is 43.0 Å². The fourth-order valence-electron chi connectivity index (χ4n) is 3.96. The van der Waals surface area contributed by atoms with Crippen LogP contribution >= 0.6 is 0 Å². The standard InChI is InChI=1S/C25H22N6O4/c32-22(16-7-8-19-21(14-16)30-24(34)23(33)29-19)27-17-4-1-3-15(13-17)18-5-2-6-20(28-18)25(35)31-11-9-26-10-12-31/h1-8,13-14,26H,9-12H2,(H,27,32)(H,29,33)(H,30,34). The van der Waals surface area contributed by atoms with Crippen LogP contribution in [0.2, 0.25) is 0 Å². The molecule has 1 aliphatic rings. The molecule has 4 aromatic rings. The Hall–Kier alpha value is -4.57. The highest BCUT2D eigenvalue weighted by atomic mass is 16.2. The maximum atomic E-state index is 12.8. The minimum absolute atomic E-state index is 0.103. The molecule has 176 valence electrons. The van der Waals surface area contributed by atoms with Crippen molar-refractivity contribution in [2.75, 3.05) is 31.5 Å². The third kappa shape index (κ3) is 4.73. The number of carbonyl (C=O) groups excluding carboxylic acids is 2. The van der Waals surface area contributed by atoms with E-state index in [0.717, 1.165) is 18.7 Å². The maximum absolute atomic E-state index is 12.8. The van der Waals surface area contributed by atoms with Crippen molar-refractivity contribution in [3.8, 4) is 11.3 Å². The van der Waals surface area contributed by atoms with E-state index in [-0.39, 0.29) is 11.8 Å². The van der Waals surface area contributed by atoms with Crippen LogP contribution in [-0.2, 0) is 0 Å². The molecule has 0 saturated carbocycles. The Labute approximate surface area is 199 Å². The van der Waals surface area contributed by atoms with Gasteiger partial charge in [0.15, 0.2) is 0 Å². The van der Waals surface area contributed by atoms with Gasteiger partial charge in [-0.25, -0.2) is 4.98 Å². The number of carbonyl (C=O) groups is 2. The van der Waals surface area contributed by atoms with Gasteiger partial charge in [-0.2, -0.15) is 0 Å². The number of anilines is 1. The van der Waals surface area contributed by atoms with Crippen molar-refractivity contribution in [2.45, 2.75) is 0 Å². The number of hydrogen-bond donors (Lipinski definition) is 4. The molecule has 35 heavy (non-hydrogen) atoms. The minimum Gasteiger partial charge on any atom is -0.335 e. The van der Waals surface area contributed by atoms with Gasteiger partial charge >= 0.3 is 11.1 Å². The largest absolute Gasteiger partial charge is 0.335 e. The fraction of sp³-hybridized carbons (Fsp3) is 0.160. The summed E-state index contributed by atoms with van der Waals surface area (Å²) in [6.07, 6.45) is 0. The van der Waals surface area contributed by atoms with Crippen LogP contribution in [0.3, 0.4) is 0 Å². The number of hydrogen-bond acceptors (Lipinski definition) is 6. The molecule has 2 aromatic heterocycles. The molecule has 0 atom stereocenters. The Morgan fingerprint density at radius 3 is 2.40 bits per heavy atom. The highest BCUT2D eigenvalue weighted by molar-refractivity contribution is 6.06. The lowest BCUT2D eigenvalue weighted by Gasteiger charge is -2.27. The normalized spacial score (nSPS) is 13.5. The van der Waals surface area contributed by atoms with E-state index in [2.05, 4.69) is 25.6 Å². The number of aromatic nitrogens is 3. The second-order valence-corrected chi connectivity index (χ2v) is 8.15. The molecule has 5 rings (SSSR count). The van der Waals surface area contributed by atoms with Gasteiger partial charge < -0.3 is 25.5 Å². The van der Waals surface area contributed by atoms with Crippen LogP contribution in [0.5, 0.6) is 0 Å². The van der Waals surface area contributed by atoms with E-state index >= 15 is 0 Å². The van der Waals surface area contributed by atoms with Gasteiger partial charge in [-0.1, -0.05) is 18.2 Å². The lowest BCUT2D eigenvalue weighted by Crippen LogP contribution is -2.46. The zero-order valence-corrected chi connectivity index (χ0v) is 18.6. The Morgan fingerprint density at radius 1 is 0.857 bits per heavy atom. The second kappa shape index (κ2) is 9.35. The first kappa shape index (κ1) is 22.2. The van der Waals surface area contributed by atoms with Gasteiger partial charge in [0.2, 0.25) is 0 Å². The number of nitrogens with zero attached hydrogens (tertiary/aromatic N) is 2. The fourth-order valence-corrected chi connectivity index (χ4v) is 3.96. The molecular weight excluding hydrogens is 448 g/mol. The zero-order chi connectivity index (χ0) is 24.4. The molecule has 1 aliphatic heterocycles. The lowest BCUT2D eigenvalue weighted by atomic mass is 10.1. The third-order valence-electron chi connectivity index (χ3n) is 5.77. The molecule has 0 bridgehead atoms. The van der Waals surface area contributed by atoms with E-state index < -0.39 is 11.1 Å². The molecule has 0 spiro atoms. The number of piperazine rings is 1. The smallest absolute Gasteiger partial charge is 0.314 e. The van der Waals surface area contributed by atoms with Crippen LogP contribution in [0.25, 0.3) is 22.3 Å². The summed E-state index contributed by atoms with van der Waals surface area (Å²) in [6.45, 7) is 2.81. The highest BCUT2D eigenvalue weighted by Gasteiger charge is 2.19. The van der Waals surface area contributed by atoms with Crippen LogP contribution in [0.1, 0.15) is 20.8 Å². The molecule has 10 heteroatoms. The molecule has 0 unspecified atom stereocenters. The second-order valence-electron chi connectivity index (χ2n) is 8.15. The summed E-state index contributed by atoms with van der Waals surface area (Å²) in [5, 5.41) is 6.06. The molecule has 2 amide bonds. The number of pyridine rings is 1. The third-order valence-corrected chi connectivity index (χ3v) is 5.77. The van der Waals surface area contributed by atoms with Crippen molar-refractivity contribution in [1.29, 1.82) is 0 Å². The monoisotopic (exact) mass is 470 g/mol. The van der Waals surface area contributed by atoms with E-state index in [0.29, 0.717) is 46.8 Å². The van der Waals surface area contributed by atoms with Crippen molar-refractivity contribution < 1.29 is 9.59 Å². The van der Waals surface area contributed by atoms with Crippen LogP contribution in [0.4, 0.5) is 5.69 Å². The minimum atomic E-state index is -0.784. The Bertz CT molecular complexity index is 1550. The molecular formula is C25H22N6O4. The van der Waals surface area contributed by atoms with E-state index in [9.17, 15) is 19.2 Å². The van der Waals surface area contributed by atoms with Crippen molar-refractivity contribution in [3.63, 3.8) is 0 Å².